The molecule has 0 N–H and O–H groups in total. The Labute approximate surface area is 139 Å². The van der Waals surface area contributed by atoms with Gasteiger partial charge in [0, 0.05) is 5.57 Å². The summed E-state index contributed by atoms with van der Waals surface area (Å²) in [5.41, 5.74) is 1.56. The molecule has 24 heavy (non-hydrogen) atoms. The molecule has 0 saturated heterocycles. The van der Waals surface area contributed by atoms with Gasteiger partial charge in [0.05, 0.1) is 11.4 Å². The molecule has 0 aliphatic rings. The maximum atomic E-state index is 12.8. The van der Waals surface area contributed by atoms with Crippen molar-refractivity contribution in [3.63, 3.8) is 0 Å². The molecule has 0 aliphatic carbocycles. The number of nitrogens with zero attached hydrogens (tertiary/aromatic N) is 2. The molecule has 0 unspecified atom stereocenters. The van der Waals surface area contributed by atoms with Crippen molar-refractivity contribution in [1.82, 2.24) is 0 Å². The number of hydrogen-bond acceptors (Lipinski definition) is 5. The van der Waals surface area contributed by atoms with Gasteiger partial charge in [0.2, 0.25) is 0 Å². The summed E-state index contributed by atoms with van der Waals surface area (Å²) in [6.07, 6.45) is 0. The second-order valence-corrected chi connectivity index (χ2v) is 4.94. The largest absolute Gasteiger partial charge is 0.490 e. The molecule has 0 fully saturated rings. The van der Waals surface area contributed by atoms with E-state index in [9.17, 15) is 9.18 Å². The van der Waals surface area contributed by atoms with Crippen LogP contribution in [0.15, 0.2) is 70.9 Å². The highest BCUT2D eigenvalue weighted by Gasteiger charge is 2.02. The third-order valence-electron chi connectivity index (χ3n) is 2.88. The molecule has 0 bridgehead atoms. The van der Waals surface area contributed by atoms with E-state index in [-0.39, 0.29) is 19.0 Å². The van der Waals surface area contributed by atoms with Gasteiger partial charge in [0.25, 0.3) is 0 Å². The Morgan fingerprint density at radius 1 is 1.00 bits per heavy atom. The number of rotatable bonds is 7. The lowest BCUT2D eigenvalue weighted by Gasteiger charge is -2.07. The minimum absolute atomic E-state index is 0.151. The maximum Gasteiger partial charge on any atom is 0.333 e. The van der Waals surface area contributed by atoms with Crippen molar-refractivity contribution in [2.24, 2.45) is 10.2 Å². The van der Waals surface area contributed by atoms with Crippen LogP contribution in [0.1, 0.15) is 6.92 Å². The van der Waals surface area contributed by atoms with E-state index < -0.39 is 5.97 Å². The molecule has 0 atom stereocenters. The number of carbonyl (C=O) groups excluding carboxylic acids is 1. The molecule has 2 aromatic rings. The van der Waals surface area contributed by atoms with Crippen molar-refractivity contribution in [2.45, 2.75) is 6.92 Å². The lowest BCUT2D eigenvalue weighted by molar-refractivity contribution is -0.139. The lowest BCUT2D eigenvalue weighted by Crippen LogP contribution is -2.12. The summed E-state index contributed by atoms with van der Waals surface area (Å²) >= 11 is 0. The molecule has 2 aromatic carbocycles. The molecular weight excluding hydrogens is 311 g/mol. The fourth-order valence-corrected chi connectivity index (χ4v) is 1.65. The highest BCUT2D eigenvalue weighted by atomic mass is 19.1. The molecule has 2 rings (SSSR count). The van der Waals surface area contributed by atoms with Crippen LogP contribution in [0.3, 0.4) is 0 Å². The number of halogens is 1. The van der Waals surface area contributed by atoms with Crippen LogP contribution in [0.5, 0.6) is 5.75 Å². The summed E-state index contributed by atoms with van der Waals surface area (Å²) in [5.74, 6) is -0.123. The van der Waals surface area contributed by atoms with Crippen molar-refractivity contribution in [1.29, 1.82) is 0 Å². The average Bonchev–Trinajstić information content (AvgIpc) is 2.59. The molecular formula is C18H17FN2O3. The van der Waals surface area contributed by atoms with Gasteiger partial charge >= 0.3 is 5.97 Å². The second-order valence-electron chi connectivity index (χ2n) is 4.94. The van der Waals surface area contributed by atoms with Crippen LogP contribution in [0.4, 0.5) is 15.8 Å². The SMILES string of the molecule is C=C(C)C(=O)OCCOc1ccc(N=Nc2ccc(F)cc2)cc1. The van der Waals surface area contributed by atoms with E-state index in [0.29, 0.717) is 22.7 Å². The number of carbonyl (C=O) groups is 1. The second kappa shape index (κ2) is 8.57. The molecule has 5 nitrogen and oxygen atoms in total. The van der Waals surface area contributed by atoms with Crippen molar-refractivity contribution >= 4 is 17.3 Å². The molecule has 0 radical (unpaired) electrons. The van der Waals surface area contributed by atoms with Gasteiger partial charge in [-0.3, -0.25) is 0 Å². The quantitative estimate of drug-likeness (QED) is 0.319. The predicted molar refractivity (Wildman–Crippen MR) is 88.3 cm³/mol. The van der Waals surface area contributed by atoms with Crippen LogP contribution in [0.2, 0.25) is 0 Å². The monoisotopic (exact) mass is 328 g/mol. The first-order chi connectivity index (χ1) is 11.5. The molecule has 0 amide bonds. The van der Waals surface area contributed by atoms with E-state index in [0.717, 1.165) is 0 Å². The third-order valence-corrected chi connectivity index (χ3v) is 2.88. The molecule has 0 aromatic heterocycles. The van der Waals surface area contributed by atoms with Crippen molar-refractivity contribution in [2.75, 3.05) is 13.2 Å². The van der Waals surface area contributed by atoms with E-state index >= 15 is 0 Å². The molecule has 6 heteroatoms. The van der Waals surface area contributed by atoms with Crippen molar-refractivity contribution in [3.05, 3.63) is 66.5 Å². The average molecular weight is 328 g/mol. The number of ether oxygens (including phenoxy) is 2. The van der Waals surface area contributed by atoms with E-state index in [1.54, 1.807) is 43.3 Å². The lowest BCUT2D eigenvalue weighted by atomic mass is 10.3. The predicted octanol–water partition coefficient (Wildman–Crippen LogP) is 4.74. The summed E-state index contributed by atoms with van der Waals surface area (Å²) in [6, 6.07) is 12.7. The zero-order valence-corrected chi connectivity index (χ0v) is 13.2. The molecule has 0 heterocycles. The first kappa shape index (κ1) is 17.3. The number of esters is 1. The summed E-state index contributed by atoms with van der Waals surface area (Å²) in [5, 5.41) is 8.06. The Hall–Kier alpha value is -3.02. The third kappa shape index (κ3) is 5.64. The highest BCUT2D eigenvalue weighted by molar-refractivity contribution is 5.86. The van der Waals surface area contributed by atoms with Crippen molar-refractivity contribution in [3.8, 4) is 5.75 Å². The fourth-order valence-electron chi connectivity index (χ4n) is 1.65. The molecule has 0 saturated carbocycles. The topological polar surface area (TPSA) is 60.2 Å². The normalized spacial score (nSPS) is 10.6. The zero-order chi connectivity index (χ0) is 17.4. The van der Waals surface area contributed by atoms with E-state index in [1.807, 2.05) is 0 Å². The Morgan fingerprint density at radius 3 is 2.08 bits per heavy atom. The molecule has 0 spiro atoms. The van der Waals surface area contributed by atoms with E-state index in [1.165, 1.54) is 12.1 Å². The Morgan fingerprint density at radius 2 is 1.54 bits per heavy atom. The van der Waals surface area contributed by atoms with Gasteiger partial charge < -0.3 is 9.47 Å². The fraction of sp³-hybridized carbons (Fsp3) is 0.167. The van der Waals surface area contributed by atoms with Crippen LogP contribution in [0, 0.1) is 5.82 Å². The van der Waals surface area contributed by atoms with Gasteiger partial charge in [-0.1, -0.05) is 6.58 Å². The summed E-state index contributed by atoms with van der Waals surface area (Å²) < 4.78 is 23.2. The Bertz CT molecular complexity index is 725. The first-order valence-corrected chi connectivity index (χ1v) is 7.27. The smallest absolute Gasteiger partial charge is 0.333 e. The summed E-state index contributed by atoms with van der Waals surface area (Å²) in [7, 11) is 0. The minimum Gasteiger partial charge on any atom is -0.490 e. The van der Waals surface area contributed by atoms with Crippen LogP contribution in [-0.4, -0.2) is 19.2 Å². The Balaban J connectivity index is 1.81. The van der Waals surface area contributed by atoms with Crippen LogP contribution in [-0.2, 0) is 9.53 Å². The van der Waals surface area contributed by atoms with E-state index in [4.69, 9.17) is 9.47 Å². The maximum absolute atomic E-state index is 12.8. The van der Waals surface area contributed by atoms with Gasteiger partial charge in [-0.05, 0) is 55.5 Å². The zero-order valence-electron chi connectivity index (χ0n) is 13.2. The van der Waals surface area contributed by atoms with Gasteiger partial charge in [-0.15, -0.1) is 0 Å². The number of azo groups is 1. The van der Waals surface area contributed by atoms with Crippen LogP contribution < -0.4 is 4.74 Å². The van der Waals surface area contributed by atoms with Crippen LogP contribution >= 0.6 is 0 Å². The number of hydrogen-bond donors (Lipinski definition) is 0. The minimum atomic E-state index is -0.435. The summed E-state index contributed by atoms with van der Waals surface area (Å²) in [6.45, 7) is 5.47. The molecule has 0 aliphatic heterocycles. The first-order valence-electron chi connectivity index (χ1n) is 7.27. The standard InChI is InChI=1S/C18H17FN2O3/c1-13(2)18(22)24-12-11-23-17-9-7-16(8-10-17)21-20-15-5-3-14(19)4-6-15/h3-10H,1,11-12H2,2H3. The van der Waals surface area contributed by atoms with Gasteiger partial charge in [-0.25, -0.2) is 9.18 Å². The van der Waals surface area contributed by atoms with Crippen LogP contribution in [0.25, 0.3) is 0 Å². The highest BCUT2D eigenvalue weighted by Crippen LogP contribution is 2.21. The van der Waals surface area contributed by atoms with E-state index in [2.05, 4.69) is 16.8 Å². The molecule has 124 valence electrons. The number of benzene rings is 2. The Kier molecular flexibility index (Phi) is 6.19. The van der Waals surface area contributed by atoms with Gasteiger partial charge in [-0.2, -0.15) is 10.2 Å². The van der Waals surface area contributed by atoms with Gasteiger partial charge in [0.15, 0.2) is 0 Å². The van der Waals surface area contributed by atoms with Crippen molar-refractivity contribution < 1.29 is 18.7 Å². The van der Waals surface area contributed by atoms with Gasteiger partial charge in [0.1, 0.15) is 24.8 Å². The summed E-state index contributed by atoms with van der Waals surface area (Å²) in [4.78, 5) is 11.2.